The first kappa shape index (κ1) is 26.9. The first-order chi connectivity index (χ1) is 18.9. The Labute approximate surface area is 231 Å². The zero-order chi connectivity index (χ0) is 28.8. The highest BCUT2D eigenvalue weighted by Crippen LogP contribution is 2.77. The van der Waals surface area contributed by atoms with Crippen LogP contribution in [0.25, 0.3) is 0 Å². The van der Waals surface area contributed by atoms with Gasteiger partial charge in [-0.05, 0) is 80.0 Å². The molecule has 0 bridgehead atoms. The second-order valence-corrected chi connectivity index (χ2v) is 12.3. The summed E-state index contributed by atoms with van der Waals surface area (Å²) in [5.74, 6) is -3.04. The molecule has 1 aliphatic heterocycles. The van der Waals surface area contributed by atoms with Gasteiger partial charge >= 0.3 is 17.9 Å². The number of fused-ring (bicyclic) bond motifs is 3. The van der Waals surface area contributed by atoms with Crippen LogP contribution in [0.15, 0.2) is 48.1 Å². The van der Waals surface area contributed by atoms with Gasteiger partial charge in [-0.25, -0.2) is 18.8 Å². The van der Waals surface area contributed by atoms with E-state index in [0.717, 1.165) is 0 Å². The topological polar surface area (TPSA) is 109 Å². The Balaban J connectivity index is 1.39. The van der Waals surface area contributed by atoms with E-state index in [-0.39, 0.29) is 41.3 Å². The SMILES string of the molecule is COC(=O)c1ccc(C(=O)O[C@]2(C(=O)OC)[C@H](C)CC3C4C[C@H](F)C5=CC(=O)C=C[C@]5(C)[C@@]45O[C@H]5C[C@@]32C)cc1. The number of carbonyl (C=O) groups excluding carboxylic acids is 4. The number of methoxy groups -OCH3 is 2. The van der Waals surface area contributed by atoms with Crippen molar-refractivity contribution >= 4 is 23.7 Å². The van der Waals surface area contributed by atoms with Crippen LogP contribution in [0, 0.1) is 28.6 Å². The number of benzene rings is 1. The van der Waals surface area contributed by atoms with Gasteiger partial charge in [-0.1, -0.05) is 19.9 Å². The number of rotatable bonds is 4. The largest absolute Gasteiger partial charge is 0.466 e. The lowest BCUT2D eigenvalue weighted by Gasteiger charge is -2.56. The van der Waals surface area contributed by atoms with Crippen molar-refractivity contribution in [2.75, 3.05) is 14.2 Å². The fourth-order valence-electron chi connectivity index (χ4n) is 8.87. The summed E-state index contributed by atoms with van der Waals surface area (Å²) in [6.07, 6.45) is 4.11. The Bertz CT molecular complexity index is 1380. The predicted octanol–water partition coefficient (Wildman–Crippen LogP) is 4.18. The van der Waals surface area contributed by atoms with Crippen molar-refractivity contribution in [1.82, 2.24) is 0 Å². The molecule has 3 saturated carbocycles. The monoisotopic (exact) mass is 552 g/mol. The van der Waals surface area contributed by atoms with Crippen LogP contribution < -0.4 is 0 Å². The standard InChI is InChI=1S/C31H33FO8/c1-16-12-20-21-14-23(32)22-13-19(33)10-11-28(22,2)31(21)24(39-31)15-29(20,3)30(16,27(36)38-5)40-26(35)18-8-6-17(7-9-18)25(34)37-4/h6-11,13,16,20-21,23-24H,12,14-15H2,1-5H3/t16-,20?,21?,23+,24+,28+,29+,30+,31-/m1/s1. The molecular formula is C31H33FO8. The molecular weight excluding hydrogens is 519 g/mol. The highest BCUT2D eigenvalue weighted by molar-refractivity contribution is 6.01. The lowest BCUT2D eigenvalue weighted by Crippen LogP contribution is -2.64. The van der Waals surface area contributed by atoms with E-state index in [2.05, 4.69) is 0 Å². The molecule has 5 aliphatic rings. The van der Waals surface area contributed by atoms with Crippen LogP contribution in [0.5, 0.6) is 0 Å². The molecule has 9 atom stereocenters. The van der Waals surface area contributed by atoms with E-state index in [1.165, 1.54) is 50.6 Å². The van der Waals surface area contributed by atoms with E-state index in [1.54, 1.807) is 6.08 Å². The summed E-state index contributed by atoms with van der Waals surface area (Å²) in [5.41, 5.74) is -3.12. The fourth-order valence-corrected chi connectivity index (χ4v) is 8.87. The minimum atomic E-state index is -1.64. The summed E-state index contributed by atoms with van der Waals surface area (Å²) in [6, 6.07) is 5.82. The molecule has 1 saturated heterocycles. The fraction of sp³-hybridized carbons (Fsp3) is 0.548. The molecule has 1 aromatic carbocycles. The maximum atomic E-state index is 15.8. The molecule has 9 heteroatoms. The lowest BCUT2D eigenvalue weighted by atomic mass is 9.46. The number of halogens is 1. The van der Waals surface area contributed by atoms with Crippen molar-refractivity contribution in [3.63, 3.8) is 0 Å². The van der Waals surface area contributed by atoms with Crippen LogP contribution >= 0.6 is 0 Å². The van der Waals surface area contributed by atoms with Gasteiger partial charge < -0.3 is 18.9 Å². The molecule has 8 nitrogen and oxygen atoms in total. The van der Waals surface area contributed by atoms with Gasteiger partial charge in [-0.2, -0.15) is 0 Å². The van der Waals surface area contributed by atoms with Crippen LogP contribution in [0.3, 0.4) is 0 Å². The molecule has 40 heavy (non-hydrogen) atoms. The van der Waals surface area contributed by atoms with Gasteiger partial charge in [-0.3, -0.25) is 4.79 Å². The molecule has 0 radical (unpaired) electrons. The van der Waals surface area contributed by atoms with Crippen LogP contribution in [-0.4, -0.2) is 61.4 Å². The van der Waals surface area contributed by atoms with Gasteiger partial charge in [0.15, 0.2) is 5.78 Å². The molecule has 212 valence electrons. The molecule has 1 heterocycles. The van der Waals surface area contributed by atoms with Crippen molar-refractivity contribution in [1.29, 1.82) is 0 Å². The Hall–Kier alpha value is -3.33. The molecule has 2 unspecified atom stereocenters. The summed E-state index contributed by atoms with van der Waals surface area (Å²) in [5, 5.41) is 0. The predicted molar refractivity (Wildman–Crippen MR) is 139 cm³/mol. The number of epoxide rings is 1. The maximum absolute atomic E-state index is 15.8. The molecule has 4 fully saturated rings. The number of hydrogen-bond donors (Lipinski definition) is 0. The molecule has 1 spiro atoms. The van der Waals surface area contributed by atoms with Gasteiger partial charge in [0.05, 0.1) is 31.5 Å². The molecule has 6 rings (SSSR count). The quantitative estimate of drug-likeness (QED) is 0.311. The number of carbonyl (C=O) groups is 4. The minimum Gasteiger partial charge on any atom is -0.466 e. The zero-order valence-corrected chi connectivity index (χ0v) is 23.2. The van der Waals surface area contributed by atoms with Gasteiger partial charge in [0.1, 0.15) is 11.8 Å². The summed E-state index contributed by atoms with van der Waals surface area (Å²) >= 11 is 0. The lowest BCUT2D eigenvalue weighted by molar-refractivity contribution is -0.188. The van der Waals surface area contributed by atoms with Crippen molar-refractivity contribution in [2.24, 2.45) is 28.6 Å². The summed E-state index contributed by atoms with van der Waals surface area (Å²) in [4.78, 5) is 51.2. The van der Waals surface area contributed by atoms with Gasteiger partial charge in [0, 0.05) is 16.7 Å². The molecule has 0 N–H and O–H groups in total. The van der Waals surface area contributed by atoms with Crippen molar-refractivity contribution in [3.8, 4) is 0 Å². The average molecular weight is 553 g/mol. The van der Waals surface area contributed by atoms with E-state index in [0.29, 0.717) is 18.4 Å². The summed E-state index contributed by atoms with van der Waals surface area (Å²) < 4.78 is 38.6. The molecule has 0 aromatic heterocycles. The van der Waals surface area contributed by atoms with Crippen LogP contribution in [0.1, 0.15) is 60.7 Å². The van der Waals surface area contributed by atoms with E-state index >= 15 is 4.39 Å². The third-order valence-corrected chi connectivity index (χ3v) is 10.7. The number of hydrogen-bond acceptors (Lipinski definition) is 8. The van der Waals surface area contributed by atoms with E-state index in [9.17, 15) is 19.2 Å². The Morgan fingerprint density at radius 1 is 0.975 bits per heavy atom. The van der Waals surface area contributed by atoms with Crippen molar-refractivity contribution < 1.29 is 42.5 Å². The summed E-state index contributed by atoms with van der Waals surface area (Å²) in [7, 11) is 2.54. The Morgan fingerprint density at radius 3 is 2.25 bits per heavy atom. The number of esters is 3. The van der Waals surface area contributed by atoms with Gasteiger partial charge in [0.25, 0.3) is 0 Å². The molecule has 1 aromatic rings. The van der Waals surface area contributed by atoms with Crippen molar-refractivity contribution in [2.45, 2.75) is 63.5 Å². The number of allylic oxidation sites excluding steroid dienone is 2. The Morgan fingerprint density at radius 2 is 1.62 bits per heavy atom. The second kappa shape index (κ2) is 8.59. The normalized spacial score (nSPS) is 42.4. The van der Waals surface area contributed by atoms with E-state index in [1.807, 2.05) is 20.8 Å². The zero-order valence-electron chi connectivity index (χ0n) is 23.2. The maximum Gasteiger partial charge on any atom is 0.351 e. The third kappa shape index (κ3) is 3.15. The van der Waals surface area contributed by atoms with Gasteiger partial charge in [-0.15, -0.1) is 0 Å². The molecule has 0 amide bonds. The number of alkyl halides is 1. The Kier molecular flexibility index (Phi) is 5.77. The highest BCUT2D eigenvalue weighted by Gasteiger charge is 2.84. The first-order valence-corrected chi connectivity index (χ1v) is 13.7. The van der Waals surface area contributed by atoms with Crippen molar-refractivity contribution in [3.05, 3.63) is 59.2 Å². The average Bonchev–Trinajstić information content (AvgIpc) is 3.62. The van der Waals surface area contributed by atoms with Gasteiger partial charge in [0.2, 0.25) is 5.60 Å². The van der Waals surface area contributed by atoms with Crippen LogP contribution in [-0.2, 0) is 28.5 Å². The highest BCUT2D eigenvalue weighted by atomic mass is 19.1. The number of ether oxygens (including phenoxy) is 4. The van der Waals surface area contributed by atoms with Crippen LogP contribution in [0.4, 0.5) is 4.39 Å². The van der Waals surface area contributed by atoms with E-state index < -0.39 is 52.0 Å². The van der Waals surface area contributed by atoms with E-state index in [4.69, 9.17) is 18.9 Å². The first-order valence-electron chi connectivity index (χ1n) is 13.7. The minimum absolute atomic E-state index is 0.159. The smallest absolute Gasteiger partial charge is 0.351 e. The number of ketones is 1. The van der Waals surface area contributed by atoms with Crippen LogP contribution in [0.2, 0.25) is 0 Å². The summed E-state index contributed by atoms with van der Waals surface area (Å²) in [6.45, 7) is 5.74. The third-order valence-electron chi connectivity index (χ3n) is 10.7. The molecule has 4 aliphatic carbocycles. The second-order valence-electron chi connectivity index (χ2n) is 12.3.